The van der Waals surface area contributed by atoms with Crippen molar-refractivity contribution >= 4 is 17.0 Å². The summed E-state index contributed by atoms with van der Waals surface area (Å²) in [7, 11) is 1.79. The molecule has 2 aromatic heterocycles. The van der Waals surface area contributed by atoms with Gasteiger partial charge in [-0.05, 0) is 6.92 Å². The van der Waals surface area contributed by atoms with E-state index in [1.54, 1.807) is 24.9 Å². The number of nitrogens with one attached hydrogen (secondary N) is 1. The molecule has 7 heteroatoms. The third kappa shape index (κ3) is 1.93. The molecule has 1 N–H and O–H groups in total. The standard InChI is InChI=1S/C9H11F2N5/c1-5-14-8(12-3-6(10)11)7-9(15-5)16(2)4-13-7/h4,6H,3H2,1-2H3,(H,12,14,15). The Morgan fingerprint density at radius 2 is 2.19 bits per heavy atom. The summed E-state index contributed by atoms with van der Waals surface area (Å²) < 4.78 is 25.9. The van der Waals surface area contributed by atoms with Crippen LogP contribution in [0.1, 0.15) is 5.82 Å². The Balaban J connectivity index is 2.43. The summed E-state index contributed by atoms with van der Waals surface area (Å²) in [4.78, 5) is 12.3. The first-order valence-electron chi connectivity index (χ1n) is 4.75. The quantitative estimate of drug-likeness (QED) is 0.859. The lowest BCUT2D eigenvalue weighted by Crippen LogP contribution is -2.12. The van der Waals surface area contributed by atoms with E-state index in [9.17, 15) is 8.78 Å². The molecule has 16 heavy (non-hydrogen) atoms. The number of hydrogen-bond donors (Lipinski definition) is 1. The van der Waals surface area contributed by atoms with Crippen LogP contribution in [-0.4, -0.2) is 32.5 Å². The molecule has 0 fully saturated rings. The maximum atomic E-state index is 12.1. The number of alkyl halides is 2. The van der Waals surface area contributed by atoms with Gasteiger partial charge in [0.25, 0.3) is 6.43 Å². The zero-order valence-corrected chi connectivity index (χ0v) is 8.91. The molecule has 0 bridgehead atoms. The minimum absolute atomic E-state index is 0.350. The van der Waals surface area contributed by atoms with Gasteiger partial charge in [0, 0.05) is 7.05 Å². The number of hydrogen-bond acceptors (Lipinski definition) is 4. The average molecular weight is 227 g/mol. The lowest BCUT2D eigenvalue weighted by Gasteiger charge is -2.06. The Morgan fingerprint density at radius 3 is 2.88 bits per heavy atom. The number of anilines is 1. The Hall–Kier alpha value is -1.79. The van der Waals surface area contributed by atoms with Gasteiger partial charge in [0.2, 0.25) is 0 Å². The number of fused-ring (bicyclic) bond motifs is 1. The van der Waals surface area contributed by atoms with Crippen molar-refractivity contribution in [2.45, 2.75) is 13.3 Å². The number of imidazole rings is 1. The maximum Gasteiger partial charge on any atom is 0.255 e. The van der Waals surface area contributed by atoms with Gasteiger partial charge in [-0.3, -0.25) is 0 Å². The fourth-order valence-corrected chi connectivity index (χ4v) is 1.41. The van der Waals surface area contributed by atoms with Crippen LogP contribution in [0.2, 0.25) is 0 Å². The second-order valence-electron chi connectivity index (χ2n) is 3.42. The highest BCUT2D eigenvalue weighted by atomic mass is 19.3. The Morgan fingerprint density at radius 1 is 1.44 bits per heavy atom. The minimum atomic E-state index is -2.42. The van der Waals surface area contributed by atoms with Crippen LogP contribution in [0, 0.1) is 6.92 Å². The molecule has 0 atom stereocenters. The van der Waals surface area contributed by atoms with Gasteiger partial charge < -0.3 is 9.88 Å². The van der Waals surface area contributed by atoms with Gasteiger partial charge in [-0.1, -0.05) is 0 Å². The van der Waals surface area contributed by atoms with E-state index >= 15 is 0 Å². The molecule has 0 aliphatic heterocycles. The van der Waals surface area contributed by atoms with Crippen molar-refractivity contribution < 1.29 is 8.78 Å². The molecule has 2 heterocycles. The van der Waals surface area contributed by atoms with Crippen molar-refractivity contribution in [2.24, 2.45) is 7.05 Å². The summed E-state index contributed by atoms with van der Waals surface area (Å²) in [6, 6.07) is 0. The van der Waals surface area contributed by atoms with E-state index in [1.807, 2.05) is 0 Å². The van der Waals surface area contributed by atoms with Crippen molar-refractivity contribution in [3.05, 3.63) is 12.2 Å². The van der Waals surface area contributed by atoms with Crippen molar-refractivity contribution in [1.29, 1.82) is 0 Å². The first-order valence-corrected chi connectivity index (χ1v) is 4.75. The van der Waals surface area contributed by atoms with Crippen LogP contribution in [0.5, 0.6) is 0 Å². The van der Waals surface area contributed by atoms with Crippen LogP contribution < -0.4 is 5.32 Å². The molecule has 0 unspecified atom stereocenters. The molecule has 86 valence electrons. The monoisotopic (exact) mass is 227 g/mol. The molecule has 0 aliphatic rings. The third-order valence-electron chi connectivity index (χ3n) is 2.10. The van der Waals surface area contributed by atoms with Crippen LogP contribution in [-0.2, 0) is 7.05 Å². The highest BCUT2D eigenvalue weighted by Crippen LogP contribution is 2.17. The van der Waals surface area contributed by atoms with Crippen molar-refractivity contribution in [3.63, 3.8) is 0 Å². The van der Waals surface area contributed by atoms with E-state index in [2.05, 4.69) is 20.3 Å². The summed E-state index contributed by atoms with van der Waals surface area (Å²) >= 11 is 0. The molecule has 2 rings (SSSR count). The second kappa shape index (κ2) is 3.99. The molecular weight excluding hydrogens is 216 g/mol. The van der Waals surface area contributed by atoms with Gasteiger partial charge in [-0.25, -0.2) is 23.7 Å². The van der Waals surface area contributed by atoms with Crippen LogP contribution >= 0.6 is 0 Å². The van der Waals surface area contributed by atoms with Crippen LogP contribution in [0.25, 0.3) is 11.2 Å². The molecule has 2 aromatic rings. The number of nitrogens with zero attached hydrogens (tertiary/aromatic N) is 4. The van der Waals surface area contributed by atoms with Gasteiger partial charge in [0.1, 0.15) is 11.3 Å². The number of rotatable bonds is 3. The molecule has 0 saturated heterocycles. The molecule has 0 radical (unpaired) electrons. The van der Waals surface area contributed by atoms with Crippen LogP contribution in [0.3, 0.4) is 0 Å². The second-order valence-corrected chi connectivity index (χ2v) is 3.42. The molecule has 0 spiro atoms. The Labute approximate surface area is 90.5 Å². The number of halogens is 2. The first kappa shape index (κ1) is 10.7. The summed E-state index contributed by atoms with van der Waals surface area (Å²) in [6.07, 6.45) is -0.846. The van der Waals surface area contributed by atoms with E-state index < -0.39 is 13.0 Å². The molecular formula is C9H11F2N5. The first-order chi connectivity index (χ1) is 7.58. The number of aryl methyl sites for hydroxylation is 2. The van der Waals surface area contributed by atoms with Crippen LogP contribution in [0.15, 0.2) is 6.33 Å². The predicted octanol–water partition coefficient (Wildman–Crippen LogP) is 1.35. The van der Waals surface area contributed by atoms with E-state index in [4.69, 9.17) is 0 Å². The Kier molecular flexibility index (Phi) is 2.67. The normalized spacial score (nSPS) is 11.3. The van der Waals surface area contributed by atoms with E-state index in [1.165, 1.54) is 0 Å². The van der Waals surface area contributed by atoms with Crippen molar-refractivity contribution in [3.8, 4) is 0 Å². The zero-order valence-electron chi connectivity index (χ0n) is 8.91. The van der Waals surface area contributed by atoms with Gasteiger partial charge >= 0.3 is 0 Å². The fourth-order valence-electron chi connectivity index (χ4n) is 1.41. The molecule has 0 aromatic carbocycles. The lowest BCUT2D eigenvalue weighted by atomic mass is 10.4. The summed E-state index contributed by atoms with van der Waals surface area (Å²) in [5.41, 5.74) is 1.14. The van der Waals surface area contributed by atoms with Gasteiger partial charge in [-0.15, -0.1) is 0 Å². The van der Waals surface area contributed by atoms with Gasteiger partial charge in [0.15, 0.2) is 11.5 Å². The average Bonchev–Trinajstić information content (AvgIpc) is 2.57. The van der Waals surface area contributed by atoms with E-state index in [0.29, 0.717) is 22.8 Å². The fraction of sp³-hybridized carbons (Fsp3) is 0.444. The predicted molar refractivity (Wildman–Crippen MR) is 55.5 cm³/mol. The maximum absolute atomic E-state index is 12.1. The summed E-state index contributed by atoms with van der Waals surface area (Å²) in [6.45, 7) is 1.27. The highest BCUT2D eigenvalue weighted by Gasteiger charge is 2.11. The zero-order chi connectivity index (χ0) is 11.7. The largest absolute Gasteiger partial charge is 0.362 e. The molecule has 5 nitrogen and oxygen atoms in total. The van der Waals surface area contributed by atoms with Gasteiger partial charge in [0.05, 0.1) is 12.9 Å². The smallest absolute Gasteiger partial charge is 0.255 e. The Bertz CT molecular complexity index is 508. The lowest BCUT2D eigenvalue weighted by molar-refractivity contribution is 0.163. The third-order valence-corrected chi connectivity index (χ3v) is 2.10. The van der Waals surface area contributed by atoms with Crippen molar-refractivity contribution in [1.82, 2.24) is 19.5 Å². The van der Waals surface area contributed by atoms with E-state index in [-0.39, 0.29) is 0 Å². The topological polar surface area (TPSA) is 55.6 Å². The highest BCUT2D eigenvalue weighted by molar-refractivity contribution is 5.82. The van der Waals surface area contributed by atoms with Crippen LogP contribution in [0.4, 0.5) is 14.6 Å². The number of aromatic nitrogens is 4. The molecule has 0 amide bonds. The van der Waals surface area contributed by atoms with Gasteiger partial charge in [-0.2, -0.15) is 0 Å². The SMILES string of the molecule is Cc1nc(NCC(F)F)c2ncn(C)c2n1. The minimum Gasteiger partial charge on any atom is -0.362 e. The summed E-state index contributed by atoms with van der Waals surface area (Å²) in [5, 5.41) is 2.56. The van der Waals surface area contributed by atoms with E-state index in [0.717, 1.165) is 0 Å². The summed E-state index contributed by atoms with van der Waals surface area (Å²) in [5.74, 6) is 0.872. The molecule has 0 saturated carbocycles. The van der Waals surface area contributed by atoms with Crippen molar-refractivity contribution in [2.75, 3.05) is 11.9 Å². The molecule has 0 aliphatic carbocycles.